The van der Waals surface area contributed by atoms with E-state index in [-0.39, 0.29) is 44.0 Å². The van der Waals surface area contributed by atoms with Crippen molar-refractivity contribution in [1.82, 2.24) is 0 Å². The van der Waals surface area contributed by atoms with E-state index in [2.05, 4.69) is 191 Å². The van der Waals surface area contributed by atoms with Crippen LogP contribution in [0.5, 0.6) is 0 Å². The highest BCUT2D eigenvalue weighted by Crippen LogP contribution is 2.12. The van der Waals surface area contributed by atoms with Crippen LogP contribution in [-0.4, -0.2) is 37.2 Å². The lowest BCUT2D eigenvalue weighted by Crippen LogP contribution is -2.30. The molecule has 0 heterocycles. The highest BCUT2D eigenvalue weighted by atomic mass is 16.6. The quantitative estimate of drug-likeness (QED) is 0.0261. The van der Waals surface area contributed by atoms with Gasteiger partial charge in [-0.05, 0) is 141 Å². The van der Waals surface area contributed by atoms with Crippen LogP contribution in [0.3, 0.4) is 0 Å². The van der Waals surface area contributed by atoms with E-state index in [9.17, 15) is 14.4 Å². The zero-order chi connectivity index (χ0) is 55.0. The second-order valence-corrected chi connectivity index (χ2v) is 18.8. The number of carbonyl (C=O) groups is 3. The lowest BCUT2D eigenvalue weighted by molar-refractivity contribution is -0.166. The summed E-state index contributed by atoms with van der Waals surface area (Å²) in [7, 11) is 0. The molecule has 6 heteroatoms. The molecule has 0 spiro atoms. The maximum atomic E-state index is 12.8. The van der Waals surface area contributed by atoms with Gasteiger partial charge in [0.25, 0.3) is 0 Å². The first kappa shape index (κ1) is 70.5. The van der Waals surface area contributed by atoms with Crippen LogP contribution in [0.4, 0.5) is 0 Å². The predicted octanol–water partition coefficient (Wildman–Crippen LogP) is 20.5. The third-order valence-corrected chi connectivity index (χ3v) is 11.6. The number of allylic oxidation sites excluding steroid dienone is 30. The molecule has 0 bridgehead atoms. The van der Waals surface area contributed by atoms with Crippen LogP contribution in [0.15, 0.2) is 182 Å². The van der Waals surface area contributed by atoms with Crippen LogP contribution in [-0.2, 0) is 28.6 Å². The lowest BCUT2D eigenvalue weighted by Gasteiger charge is -2.18. The maximum Gasteiger partial charge on any atom is 0.306 e. The minimum Gasteiger partial charge on any atom is -0.462 e. The Balaban J connectivity index is 4.45. The molecule has 0 fully saturated rings. The zero-order valence-corrected chi connectivity index (χ0v) is 48.2. The Bertz CT molecular complexity index is 1820. The molecule has 0 rings (SSSR count). The Hall–Kier alpha value is -5.49. The van der Waals surface area contributed by atoms with Gasteiger partial charge < -0.3 is 14.2 Å². The first-order valence-electron chi connectivity index (χ1n) is 29.8. The summed E-state index contributed by atoms with van der Waals surface area (Å²) in [5.74, 6) is -1.07. The van der Waals surface area contributed by atoms with Gasteiger partial charge >= 0.3 is 17.9 Å². The van der Waals surface area contributed by atoms with Crippen molar-refractivity contribution in [2.24, 2.45) is 0 Å². The Morgan fingerprint density at radius 2 is 0.539 bits per heavy atom. The topological polar surface area (TPSA) is 78.9 Å². The van der Waals surface area contributed by atoms with Crippen molar-refractivity contribution in [2.45, 2.75) is 226 Å². The van der Waals surface area contributed by atoms with Gasteiger partial charge in [-0.25, -0.2) is 0 Å². The molecule has 0 radical (unpaired) electrons. The molecule has 0 aliphatic carbocycles. The molecule has 0 aliphatic heterocycles. The number of hydrogen-bond donors (Lipinski definition) is 0. The van der Waals surface area contributed by atoms with Crippen LogP contribution >= 0.6 is 0 Å². The van der Waals surface area contributed by atoms with Gasteiger partial charge in [0.15, 0.2) is 6.10 Å². The summed E-state index contributed by atoms with van der Waals surface area (Å²) >= 11 is 0. The summed E-state index contributed by atoms with van der Waals surface area (Å²) in [5, 5.41) is 0. The van der Waals surface area contributed by atoms with Gasteiger partial charge in [-0.3, -0.25) is 14.4 Å². The molecule has 0 N–H and O–H groups in total. The molecule has 76 heavy (non-hydrogen) atoms. The molecule has 0 aromatic carbocycles. The van der Waals surface area contributed by atoms with Crippen LogP contribution in [0, 0.1) is 0 Å². The van der Waals surface area contributed by atoms with E-state index in [1.54, 1.807) is 0 Å². The number of carbonyl (C=O) groups excluding carboxylic acids is 3. The number of unbranched alkanes of at least 4 members (excludes halogenated alkanes) is 10. The van der Waals surface area contributed by atoms with Gasteiger partial charge in [-0.1, -0.05) is 242 Å². The van der Waals surface area contributed by atoms with E-state index >= 15 is 0 Å². The van der Waals surface area contributed by atoms with E-state index in [1.807, 2.05) is 12.2 Å². The fourth-order valence-corrected chi connectivity index (χ4v) is 7.23. The molecule has 0 aliphatic rings. The number of hydrogen-bond acceptors (Lipinski definition) is 6. The monoisotopic (exact) mass is 1040 g/mol. The Morgan fingerprint density at radius 1 is 0.276 bits per heavy atom. The molecule has 1 unspecified atom stereocenters. The molecule has 6 nitrogen and oxygen atoms in total. The second-order valence-electron chi connectivity index (χ2n) is 18.8. The third-order valence-electron chi connectivity index (χ3n) is 11.6. The van der Waals surface area contributed by atoms with Crippen molar-refractivity contribution >= 4 is 17.9 Å². The number of esters is 3. The molecular weight excluding hydrogens is 937 g/mol. The normalized spacial score (nSPS) is 13.5. The Kier molecular flexibility index (Phi) is 57.6. The minimum absolute atomic E-state index is 0.133. The highest BCUT2D eigenvalue weighted by Gasteiger charge is 2.19. The average molecular weight is 1040 g/mol. The SMILES string of the molecule is CC/C=C\C/C=C\C/C=C\C/C=C\C/C=C\C/C=C\C/C=C\C/C=C\C/C=C\CCCCCC(=O)OCC(COC(=O)CC/C=C\C/C=C\C/C=C\C/C=C\CC)OC(=O)CCCCCCC/C=C\C/C=C\CCCC. The molecule has 1 atom stereocenters. The van der Waals surface area contributed by atoms with Crippen molar-refractivity contribution < 1.29 is 28.6 Å². The fraction of sp³-hybridized carbons (Fsp3) is 0.529. The third kappa shape index (κ3) is 59.4. The van der Waals surface area contributed by atoms with E-state index in [0.717, 1.165) is 154 Å². The first-order valence-corrected chi connectivity index (χ1v) is 29.8. The van der Waals surface area contributed by atoms with Gasteiger partial charge in [-0.15, -0.1) is 0 Å². The second kappa shape index (κ2) is 62.1. The van der Waals surface area contributed by atoms with Gasteiger partial charge in [-0.2, -0.15) is 0 Å². The van der Waals surface area contributed by atoms with Crippen LogP contribution in [0.1, 0.15) is 220 Å². The molecule has 422 valence electrons. The van der Waals surface area contributed by atoms with Crippen molar-refractivity contribution in [3.05, 3.63) is 182 Å². The van der Waals surface area contributed by atoms with E-state index in [0.29, 0.717) is 12.8 Å². The van der Waals surface area contributed by atoms with E-state index in [4.69, 9.17) is 14.2 Å². The van der Waals surface area contributed by atoms with Gasteiger partial charge in [0.05, 0.1) is 0 Å². The molecule has 0 aromatic rings. The fourth-order valence-electron chi connectivity index (χ4n) is 7.23. The molecule has 0 amide bonds. The van der Waals surface area contributed by atoms with E-state index in [1.165, 1.54) is 19.3 Å². The highest BCUT2D eigenvalue weighted by molar-refractivity contribution is 5.71. The first-order chi connectivity index (χ1) is 37.5. The number of ether oxygens (including phenoxy) is 3. The van der Waals surface area contributed by atoms with Crippen LogP contribution in [0.25, 0.3) is 0 Å². The zero-order valence-electron chi connectivity index (χ0n) is 48.2. The van der Waals surface area contributed by atoms with E-state index < -0.39 is 6.10 Å². The summed E-state index contributed by atoms with van der Waals surface area (Å²) in [6, 6.07) is 0. The Morgan fingerprint density at radius 3 is 0.895 bits per heavy atom. The summed E-state index contributed by atoms with van der Waals surface area (Å²) < 4.78 is 16.7. The predicted molar refractivity (Wildman–Crippen MR) is 329 cm³/mol. The molecule has 0 aromatic heterocycles. The van der Waals surface area contributed by atoms with Crippen LogP contribution in [0.2, 0.25) is 0 Å². The minimum atomic E-state index is -0.838. The summed E-state index contributed by atoms with van der Waals surface area (Å²) in [5.41, 5.74) is 0. The Labute approximate surface area is 465 Å². The molecule has 0 saturated heterocycles. The molecule has 0 saturated carbocycles. The van der Waals surface area contributed by atoms with Crippen molar-refractivity contribution in [3.63, 3.8) is 0 Å². The van der Waals surface area contributed by atoms with Crippen molar-refractivity contribution in [3.8, 4) is 0 Å². The summed E-state index contributed by atoms with van der Waals surface area (Å²) in [4.78, 5) is 38.1. The van der Waals surface area contributed by atoms with Crippen molar-refractivity contribution in [1.29, 1.82) is 0 Å². The molecular formula is C70H106O6. The number of rotatable bonds is 51. The largest absolute Gasteiger partial charge is 0.462 e. The smallest absolute Gasteiger partial charge is 0.306 e. The summed E-state index contributed by atoms with van der Waals surface area (Å²) in [6.07, 6.45) is 93.4. The van der Waals surface area contributed by atoms with Gasteiger partial charge in [0.2, 0.25) is 0 Å². The maximum absolute atomic E-state index is 12.8. The summed E-state index contributed by atoms with van der Waals surface area (Å²) in [6.45, 7) is 6.24. The van der Waals surface area contributed by atoms with Crippen molar-refractivity contribution in [2.75, 3.05) is 13.2 Å². The standard InChI is InChI=1S/C70H106O6/c1-4-7-10-13-16-19-22-25-27-28-29-30-31-32-33-34-35-36-37-38-39-40-41-42-43-46-48-51-54-57-60-63-69(72)75-66-67(65-74-68(71)62-59-56-53-50-47-44-24-21-18-15-12-9-6-3)76-70(73)64-61-58-55-52-49-45-26-23-20-17-14-11-8-5-2/h7,9-10,12,14,16-19,21,23,25-27,29-30,32-33,35-36,38-39,41-42,44,46-48,53,56,67H,4-6,8,11,13,15,20,22,24,28,31,34,37,40,43,45,49-52,54-55,57-66H2,1-3H3/b10-7-,12-9-,17-14-,19-16-,21-18-,26-23-,27-25-,30-29-,33-32-,36-35-,39-38-,42-41-,47-44-,48-46-,56-53-. The van der Waals surface area contributed by atoms with Gasteiger partial charge in [0.1, 0.15) is 13.2 Å². The van der Waals surface area contributed by atoms with Crippen LogP contribution < -0.4 is 0 Å². The lowest BCUT2D eigenvalue weighted by atomic mass is 10.1. The van der Waals surface area contributed by atoms with Gasteiger partial charge in [0, 0.05) is 19.3 Å². The average Bonchev–Trinajstić information content (AvgIpc) is 3.42.